The average molecular weight is 332 g/mol. The molecular formula is C16H26ClNO2S. The molecule has 0 saturated heterocycles. The van der Waals surface area contributed by atoms with E-state index in [4.69, 9.17) is 11.6 Å². The Morgan fingerprint density at radius 2 is 1.71 bits per heavy atom. The molecule has 1 aromatic carbocycles. The quantitative estimate of drug-likeness (QED) is 0.637. The number of hydrogen-bond acceptors (Lipinski definition) is 2. The Kier molecular flexibility index (Phi) is 7.71. The largest absolute Gasteiger partial charge is 0.218 e. The van der Waals surface area contributed by atoms with E-state index in [1.807, 2.05) is 38.1 Å². The van der Waals surface area contributed by atoms with Gasteiger partial charge in [0, 0.05) is 18.5 Å². The fourth-order valence-corrected chi connectivity index (χ4v) is 4.23. The zero-order chi connectivity index (χ0) is 15.9. The van der Waals surface area contributed by atoms with E-state index < -0.39 is 10.0 Å². The van der Waals surface area contributed by atoms with E-state index in [1.165, 1.54) is 0 Å². The van der Waals surface area contributed by atoms with Gasteiger partial charge in [-0.25, -0.2) is 8.42 Å². The molecule has 0 aliphatic rings. The first-order valence-corrected chi connectivity index (χ1v) is 9.72. The fraction of sp³-hybridized carbons (Fsp3) is 0.625. The molecule has 0 fully saturated rings. The topological polar surface area (TPSA) is 37.4 Å². The first-order chi connectivity index (χ1) is 9.94. The van der Waals surface area contributed by atoms with Crippen molar-refractivity contribution in [3.63, 3.8) is 0 Å². The van der Waals surface area contributed by atoms with E-state index in [1.54, 1.807) is 4.31 Å². The van der Waals surface area contributed by atoms with Crippen molar-refractivity contribution in [2.75, 3.05) is 6.54 Å². The molecule has 5 heteroatoms. The minimum Gasteiger partial charge on any atom is -0.212 e. The summed E-state index contributed by atoms with van der Waals surface area (Å²) in [5.41, 5.74) is 1.82. The molecule has 0 aromatic heterocycles. The van der Waals surface area contributed by atoms with Gasteiger partial charge in [-0.2, -0.15) is 4.31 Å². The summed E-state index contributed by atoms with van der Waals surface area (Å²) in [6.45, 7) is 6.68. The van der Waals surface area contributed by atoms with Gasteiger partial charge < -0.3 is 0 Å². The van der Waals surface area contributed by atoms with Gasteiger partial charge in [-0.15, -0.1) is 11.6 Å². The third kappa shape index (κ3) is 5.61. The lowest BCUT2D eigenvalue weighted by Crippen LogP contribution is -2.39. The lowest BCUT2D eigenvalue weighted by atomic mass is 10.2. The first kappa shape index (κ1) is 18.5. The van der Waals surface area contributed by atoms with Crippen LogP contribution in [0.4, 0.5) is 0 Å². The number of alkyl halides is 1. The van der Waals surface area contributed by atoms with E-state index in [-0.39, 0.29) is 11.8 Å². The Labute approximate surface area is 134 Å². The summed E-state index contributed by atoms with van der Waals surface area (Å²) in [5.74, 6) is 0.506. The molecule has 0 saturated carbocycles. The second kappa shape index (κ2) is 8.76. The number of unbranched alkanes of at least 4 members (excludes halogenated alkanes) is 1. The van der Waals surface area contributed by atoms with E-state index in [0.29, 0.717) is 12.4 Å². The summed E-state index contributed by atoms with van der Waals surface area (Å²) in [5, 5.41) is 0. The zero-order valence-electron chi connectivity index (χ0n) is 13.2. The highest BCUT2D eigenvalue weighted by Gasteiger charge is 2.25. The van der Waals surface area contributed by atoms with E-state index in [9.17, 15) is 8.42 Å². The van der Waals surface area contributed by atoms with E-state index in [0.717, 1.165) is 30.4 Å². The second-order valence-electron chi connectivity index (χ2n) is 5.43. The van der Waals surface area contributed by atoms with Crippen molar-refractivity contribution < 1.29 is 8.42 Å². The van der Waals surface area contributed by atoms with Gasteiger partial charge in [0.25, 0.3) is 0 Å². The molecule has 3 nitrogen and oxygen atoms in total. The van der Waals surface area contributed by atoms with Crippen molar-refractivity contribution in [1.82, 2.24) is 4.31 Å². The third-order valence-corrected chi connectivity index (χ3v) is 5.96. The van der Waals surface area contributed by atoms with Crippen LogP contribution in [0.1, 0.15) is 51.2 Å². The number of nitrogens with zero attached hydrogens (tertiary/aromatic N) is 1. The summed E-state index contributed by atoms with van der Waals surface area (Å²) in [7, 11) is -3.28. The predicted molar refractivity (Wildman–Crippen MR) is 90.0 cm³/mol. The summed E-state index contributed by atoms with van der Waals surface area (Å²) < 4.78 is 27.0. The van der Waals surface area contributed by atoms with Gasteiger partial charge in [-0.1, -0.05) is 44.5 Å². The van der Waals surface area contributed by atoms with Crippen LogP contribution in [0, 0.1) is 0 Å². The highest BCUT2D eigenvalue weighted by atomic mass is 35.5. The number of halogens is 1. The first-order valence-electron chi connectivity index (χ1n) is 7.57. The van der Waals surface area contributed by atoms with Crippen molar-refractivity contribution in [2.24, 2.45) is 0 Å². The average Bonchev–Trinajstić information content (AvgIpc) is 2.47. The van der Waals surface area contributed by atoms with Crippen LogP contribution in [-0.2, 0) is 21.7 Å². The zero-order valence-corrected chi connectivity index (χ0v) is 14.8. The molecule has 0 amide bonds. The van der Waals surface area contributed by atoms with Crippen molar-refractivity contribution in [3.8, 4) is 0 Å². The number of benzene rings is 1. The molecule has 0 spiro atoms. The van der Waals surface area contributed by atoms with Crippen LogP contribution in [0.25, 0.3) is 0 Å². The molecule has 0 N–H and O–H groups in total. The van der Waals surface area contributed by atoms with E-state index >= 15 is 0 Å². The molecule has 120 valence electrons. The summed E-state index contributed by atoms with van der Waals surface area (Å²) in [6, 6.07) is 7.52. The Morgan fingerprint density at radius 1 is 1.14 bits per heavy atom. The van der Waals surface area contributed by atoms with Gasteiger partial charge in [0.1, 0.15) is 0 Å². The maximum Gasteiger partial charge on any atom is 0.218 e. The molecule has 0 radical (unpaired) electrons. The minimum absolute atomic E-state index is 0.0451. The maximum absolute atomic E-state index is 12.7. The smallest absolute Gasteiger partial charge is 0.212 e. The normalized spacial score (nSPS) is 13.6. The van der Waals surface area contributed by atoms with Crippen LogP contribution in [0.5, 0.6) is 0 Å². The standard InChI is InChI=1S/C16H26ClNO2S/c1-4-6-11-18(14(3)5-2)21(19,20)13-16-9-7-15(12-17)8-10-16/h7-10,14H,4-6,11-13H2,1-3H3. The van der Waals surface area contributed by atoms with Crippen molar-refractivity contribution in [2.45, 2.75) is 57.7 Å². The lowest BCUT2D eigenvalue weighted by Gasteiger charge is -2.27. The third-order valence-electron chi connectivity index (χ3n) is 3.70. The molecule has 0 aliphatic carbocycles. The van der Waals surface area contributed by atoms with Crippen LogP contribution in [-0.4, -0.2) is 25.3 Å². The SMILES string of the molecule is CCCCN(C(C)CC)S(=O)(=O)Cc1ccc(CCl)cc1. The Balaban J connectivity index is 2.88. The maximum atomic E-state index is 12.7. The summed E-state index contributed by atoms with van der Waals surface area (Å²) in [6.07, 6.45) is 2.72. The van der Waals surface area contributed by atoms with Gasteiger partial charge in [0.05, 0.1) is 5.75 Å². The molecule has 1 unspecified atom stereocenters. The lowest BCUT2D eigenvalue weighted by molar-refractivity contribution is 0.324. The highest BCUT2D eigenvalue weighted by molar-refractivity contribution is 7.88. The molecule has 0 bridgehead atoms. The molecule has 1 rings (SSSR count). The number of rotatable bonds is 9. The number of sulfonamides is 1. The molecule has 21 heavy (non-hydrogen) atoms. The van der Waals surface area contributed by atoms with Crippen molar-refractivity contribution >= 4 is 21.6 Å². The van der Waals surface area contributed by atoms with Crippen molar-refractivity contribution in [3.05, 3.63) is 35.4 Å². The minimum atomic E-state index is -3.28. The Hall–Kier alpha value is -0.580. The van der Waals surface area contributed by atoms with Crippen LogP contribution < -0.4 is 0 Å². The summed E-state index contributed by atoms with van der Waals surface area (Å²) >= 11 is 5.75. The monoisotopic (exact) mass is 331 g/mol. The molecule has 0 aliphatic heterocycles. The predicted octanol–water partition coefficient (Wildman–Crippen LogP) is 4.16. The second-order valence-corrected chi connectivity index (χ2v) is 7.62. The summed E-state index contributed by atoms with van der Waals surface area (Å²) in [4.78, 5) is 0. The molecule has 1 aromatic rings. The van der Waals surface area contributed by atoms with Gasteiger partial charge in [0.15, 0.2) is 0 Å². The van der Waals surface area contributed by atoms with Gasteiger partial charge in [-0.3, -0.25) is 0 Å². The van der Waals surface area contributed by atoms with Gasteiger partial charge in [0.2, 0.25) is 10.0 Å². The Morgan fingerprint density at radius 3 is 2.19 bits per heavy atom. The van der Waals surface area contributed by atoms with Crippen LogP contribution in [0.15, 0.2) is 24.3 Å². The fourth-order valence-electron chi connectivity index (χ4n) is 2.17. The number of hydrogen-bond donors (Lipinski definition) is 0. The highest BCUT2D eigenvalue weighted by Crippen LogP contribution is 2.17. The van der Waals surface area contributed by atoms with Crippen LogP contribution >= 0.6 is 11.6 Å². The van der Waals surface area contributed by atoms with Crippen molar-refractivity contribution in [1.29, 1.82) is 0 Å². The van der Waals surface area contributed by atoms with Gasteiger partial charge in [-0.05, 0) is 30.9 Å². The van der Waals surface area contributed by atoms with Crippen LogP contribution in [0.3, 0.4) is 0 Å². The van der Waals surface area contributed by atoms with Crippen LogP contribution in [0.2, 0.25) is 0 Å². The van der Waals surface area contributed by atoms with Gasteiger partial charge >= 0.3 is 0 Å². The van der Waals surface area contributed by atoms with E-state index in [2.05, 4.69) is 6.92 Å². The molecule has 0 heterocycles. The molecule has 1 atom stereocenters. The molecular weight excluding hydrogens is 306 g/mol. The Bertz CT molecular complexity index is 514.